The summed E-state index contributed by atoms with van der Waals surface area (Å²) in [5, 5.41) is 53.2. The highest BCUT2D eigenvalue weighted by molar-refractivity contribution is 7.60. The molecule has 7 rings (SSSR count). The third-order valence-electron chi connectivity index (χ3n) is 18.5. The molecule has 0 bridgehead atoms. The number of nitrogens with zero attached hydrogens (tertiary/aromatic N) is 8. The number of phosphoric acid groups is 6. The van der Waals surface area contributed by atoms with Crippen molar-refractivity contribution in [3.8, 4) is 0 Å². The second-order valence-corrected chi connectivity index (χ2v) is 37.7. The molecule has 6 heterocycles. The normalized spacial score (nSPS) is 21.8. The van der Waals surface area contributed by atoms with E-state index in [9.17, 15) is 116 Å². The number of rotatable bonds is 48. The minimum atomic E-state index is -6.00. The third-order valence-corrected chi connectivity index (χ3v) is 24.5. The van der Waals surface area contributed by atoms with Crippen LogP contribution in [0.1, 0.15) is 130 Å². The molecule has 2 aliphatic rings. The van der Waals surface area contributed by atoms with Crippen LogP contribution in [-0.4, -0.2) is 196 Å². The summed E-state index contributed by atoms with van der Waals surface area (Å²) in [7, 11) is -35.7. The summed E-state index contributed by atoms with van der Waals surface area (Å²) in [4.78, 5) is 198. The van der Waals surface area contributed by atoms with Gasteiger partial charge in [0.25, 0.3) is 31.3 Å². The van der Waals surface area contributed by atoms with Crippen LogP contribution < -0.4 is 71.9 Å². The minimum absolute atomic E-state index is 0.0123. The van der Waals surface area contributed by atoms with Gasteiger partial charge in [0.05, 0.1) is 54.7 Å². The Labute approximate surface area is 662 Å². The Balaban J connectivity index is 0.722. The Morgan fingerprint density at radius 3 is 1.22 bits per heavy atom. The summed E-state index contributed by atoms with van der Waals surface area (Å²) in [6, 6.07) is 7.88. The molecule has 4 amide bonds. The summed E-state index contributed by atoms with van der Waals surface area (Å²) in [5.41, 5.74) is 8.40. The van der Waals surface area contributed by atoms with Gasteiger partial charge < -0.3 is 138 Å². The maximum atomic E-state index is 13.3. The first-order chi connectivity index (χ1) is 53.6. The zero-order valence-corrected chi connectivity index (χ0v) is 68.9. The number of hydrogen-bond donors (Lipinski definition) is 10. The largest absolute Gasteiger partial charge is 0.790 e. The summed E-state index contributed by atoms with van der Waals surface area (Å²) >= 11 is 0. The van der Waals surface area contributed by atoms with Crippen LogP contribution in [0.2, 0.25) is 0 Å². The van der Waals surface area contributed by atoms with Crippen LogP contribution in [0.3, 0.4) is 0 Å². The molecule has 0 spiro atoms. The number of carbonyl (C=O) groups excluding carboxylic acids is 6. The van der Waals surface area contributed by atoms with Gasteiger partial charge >= 0.3 is 0 Å². The van der Waals surface area contributed by atoms with Crippen LogP contribution in [0.4, 0.5) is 11.6 Å². The Hall–Kier alpha value is -6.36. The average Bonchev–Trinajstić information content (AvgIpc) is 1.62. The zero-order chi connectivity index (χ0) is 86.5. The smallest absolute Gasteiger partial charge is 0.274 e. The first-order valence-corrected chi connectivity index (χ1v) is 44.2. The van der Waals surface area contributed by atoms with Crippen molar-refractivity contribution in [3.05, 3.63) is 60.7 Å². The fraction of sp³-hybridized carbons (Fsp3) is 0.645. The predicted octanol–water partition coefficient (Wildman–Crippen LogP) is -3.92. The maximum absolute atomic E-state index is 13.3. The highest BCUT2D eigenvalue weighted by atomic mass is 31.3. The Morgan fingerprint density at radius 1 is 0.517 bits per heavy atom. The number of ketones is 2. The Bertz CT molecular complexity index is 4320. The van der Waals surface area contributed by atoms with Gasteiger partial charge in [-0.25, -0.2) is 38.5 Å². The van der Waals surface area contributed by atoms with E-state index in [4.69, 9.17) is 20.9 Å². The molecule has 650 valence electrons. The van der Waals surface area contributed by atoms with Crippen molar-refractivity contribution in [2.75, 3.05) is 64.1 Å². The van der Waals surface area contributed by atoms with E-state index in [0.29, 0.717) is 38.5 Å². The molecule has 48 nitrogen and oxygen atoms in total. The maximum Gasteiger partial charge on any atom is 0.274 e. The molecular weight excluding hydrogens is 1670 g/mol. The van der Waals surface area contributed by atoms with Gasteiger partial charge in [-0.1, -0.05) is 79.7 Å². The van der Waals surface area contributed by atoms with E-state index >= 15 is 0 Å². The molecule has 4 aromatic heterocycles. The van der Waals surface area contributed by atoms with E-state index in [1.807, 2.05) is 24.3 Å². The molecule has 116 heavy (non-hydrogen) atoms. The number of anilines is 2. The number of benzene rings is 1. The van der Waals surface area contributed by atoms with Gasteiger partial charge in [0.15, 0.2) is 35.4 Å². The average molecular weight is 1760 g/mol. The number of Topliss-reactive ketones (excluding diaryl/α,β-unsaturated/α-hetero) is 2. The predicted molar refractivity (Wildman–Crippen MR) is 381 cm³/mol. The van der Waals surface area contributed by atoms with Crippen molar-refractivity contribution in [1.29, 1.82) is 0 Å². The molecule has 12 N–H and O–H groups in total. The van der Waals surface area contributed by atoms with Crippen LogP contribution in [0.5, 0.6) is 0 Å². The number of nitrogens with two attached hydrogens (primary N) is 2. The summed E-state index contributed by atoms with van der Waals surface area (Å²) in [6.07, 6.45) is -12.5. The van der Waals surface area contributed by atoms with Gasteiger partial charge in [-0.05, 0) is 49.7 Å². The van der Waals surface area contributed by atoms with Crippen LogP contribution in [-0.2, 0) is 114 Å². The second kappa shape index (κ2) is 39.9. The Kier molecular flexibility index (Phi) is 33.3. The second-order valence-electron chi connectivity index (χ2n) is 29.6. The van der Waals surface area contributed by atoms with Crippen molar-refractivity contribution in [2.24, 2.45) is 21.7 Å². The van der Waals surface area contributed by atoms with E-state index in [-0.39, 0.29) is 97.4 Å². The molecule has 0 aliphatic carbocycles. The molecule has 14 unspecified atom stereocenters. The fourth-order valence-corrected chi connectivity index (χ4v) is 17.3. The number of aliphatic hydroxyl groups excluding tert-OH is 4. The van der Waals surface area contributed by atoms with E-state index in [1.165, 1.54) is 0 Å². The first-order valence-electron chi connectivity index (χ1n) is 35.4. The number of carbonyl (C=O) groups is 6. The standard InChI is InChI=1S/C62H98N14O34P6/c1-59(2,39(77)16-22-65-41(79)18-24-67-55(85)49(83)61(5,6)29-103-115(97,98)109-113(93,94)101-27-37-47(107-111(87,88)89)45(81)57(105-37)75-33-73-43-51(63)69-31-71-53(43)75)20-10-14-35-12-9-13-36(26-35)15-11-21-60(3,4)40(78)17-23-66-42(80)19-25-68-56(86)50(84)62(7,8)30-104-116(99,100)110-114(95,96)102-28-38-48(108-112(90,91)92)46(82)58(106-38)76-34-74-44-52(64)70-32-72-54(44)76/h9,12-13,26,31-34,37-38,45-50,57-58,81-84H,10-11,14-25,27-30H2,1-8H3,(H,65,79)(H,66,80)(H,67,85)(H,68,86)(H,93,94)(H,95,96)(H,97,98)(H,99,100)(H2,63,69,71)(H2,64,70,72)(H2,87,88,89)(H2,90,91,92)/p-8. The summed E-state index contributed by atoms with van der Waals surface area (Å²) in [6.45, 7) is 6.32. The number of nitrogens with one attached hydrogen (secondary N) is 4. The van der Waals surface area contributed by atoms with E-state index in [2.05, 4.69) is 86.9 Å². The van der Waals surface area contributed by atoms with Gasteiger partial charge in [-0.3, -0.25) is 56.2 Å². The van der Waals surface area contributed by atoms with Gasteiger partial charge in [-0.2, -0.15) is 0 Å². The molecule has 1 aromatic carbocycles. The van der Waals surface area contributed by atoms with Crippen molar-refractivity contribution in [2.45, 2.75) is 181 Å². The number of hydrogen-bond acceptors (Lipinski definition) is 42. The van der Waals surface area contributed by atoms with E-state index in [1.54, 1.807) is 27.7 Å². The van der Waals surface area contributed by atoms with Gasteiger partial charge in [-0.15, -0.1) is 0 Å². The number of phosphoric ester groups is 6. The molecule has 54 heteroatoms. The zero-order valence-electron chi connectivity index (χ0n) is 63.6. The number of imidazole rings is 2. The van der Waals surface area contributed by atoms with Crippen molar-refractivity contribution in [1.82, 2.24) is 60.3 Å². The number of fused-ring (bicyclic) bond motifs is 2. The quantitative estimate of drug-likeness (QED) is 0.0166. The summed E-state index contributed by atoms with van der Waals surface area (Å²) in [5.74, 6) is -3.78. The van der Waals surface area contributed by atoms with Crippen LogP contribution in [0.25, 0.3) is 22.3 Å². The summed E-state index contributed by atoms with van der Waals surface area (Å²) < 4.78 is 123. The topological polar surface area (TPSA) is 750 Å². The lowest BCUT2D eigenvalue weighted by atomic mass is 9.80. The van der Waals surface area contributed by atoms with Crippen molar-refractivity contribution in [3.63, 3.8) is 0 Å². The SMILES string of the molecule is CC(C)(CCCc1cccc(CCCC(C)(C)C(=O)CCNC(=O)CCNC(=O)C(O)C(C)(C)COP(=O)([O-])OP(=O)([O-])OCC2OC(n3cnc4c(N)ncnc43)C(O)C2OP(=O)([O-])[O-])c1)C(=O)CCNC(=O)CCNC(=O)C(O)C(C)(C)COP(=O)([O-])OP(=O)([O-])OCC1OC(n2cnc3c(N)ncnc32)C(O)C1OP(=O)([O-])[O-]. The van der Waals surface area contributed by atoms with Gasteiger partial charge in [0.1, 0.15) is 84.1 Å². The molecule has 2 aliphatic heterocycles. The van der Waals surface area contributed by atoms with Crippen LogP contribution in [0, 0.1) is 21.7 Å². The molecule has 2 fully saturated rings. The van der Waals surface area contributed by atoms with Crippen LogP contribution >= 0.6 is 46.9 Å². The van der Waals surface area contributed by atoms with Crippen LogP contribution in [0.15, 0.2) is 49.6 Å². The molecule has 14 atom stereocenters. The number of aliphatic hydroxyl groups is 4. The van der Waals surface area contributed by atoms with Gasteiger partial charge in [0.2, 0.25) is 23.6 Å². The molecule has 0 saturated carbocycles. The number of amides is 4. The molecular formula is C62H90N14O34P6-8. The van der Waals surface area contributed by atoms with E-state index < -0.39 is 180 Å². The number of ether oxygens (including phenoxy) is 2. The highest BCUT2D eigenvalue weighted by Gasteiger charge is 2.50. The number of aryl methyl sites for hydroxylation is 2. The lowest BCUT2D eigenvalue weighted by molar-refractivity contribution is -0.348. The molecule has 0 radical (unpaired) electrons. The minimum Gasteiger partial charge on any atom is -0.790 e. The monoisotopic (exact) mass is 1760 g/mol. The Morgan fingerprint density at radius 2 is 0.862 bits per heavy atom. The van der Waals surface area contributed by atoms with Crippen molar-refractivity contribution < 1.29 is 161 Å². The number of aromatic nitrogens is 8. The number of nitrogen functional groups attached to an aromatic ring is 2. The van der Waals surface area contributed by atoms with Crippen molar-refractivity contribution >= 4 is 116 Å². The first kappa shape index (κ1) is 96.8. The highest BCUT2D eigenvalue weighted by Crippen LogP contribution is 2.58. The lowest BCUT2D eigenvalue weighted by Crippen LogP contribution is -2.46. The fourth-order valence-electron chi connectivity index (χ4n) is 11.8. The molecule has 2 saturated heterocycles. The van der Waals surface area contributed by atoms with E-state index in [0.717, 1.165) is 73.3 Å². The lowest BCUT2D eigenvalue weighted by Gasteiger charge is -2.36. The molecule has 5 aromatic rings. The van der Waals surface area contributed by atoms with Gasteiger partial charge in [0, 0.05) is 73.5 Å². The third kappa shape index (κ3) is 28.4.